The van der Waals surface area contributed by atoms with Crippen molar-refractivity contribution in [1.82, 2.24) is 19.6 Å². The fraction of sp³-hybridized carbons (Fsp3) is 0.0909. The van der Waals surface area contributed by atoms with Crippen LogP contribution in [-0.4, -0.2) is 25.5 Å². The summed E-state index contributed by atoms with van der Waals surface area (Å²) in [6.45, 7) is 0. The molecule has 114 valence electrons. The van der Waals surface area contributed by atoms with Crippen molar-refractivity contribution in [1.29, 1.82) is 0 Å². The lowest BCUT2D eigenvalue weighted by Gasteiger charge is -2.04. The first-order valence-corrected chi connectivity index (χ1v) is 6.65. The van der Waals surface area contributed by atoms with Gasteiger partial charge in [-0.15, -0.1) is 16.4 Å². The van der Waals surface area contributed by atoms with Crippen molar-refractivity contribution in [2.75, 3.05) is 5.32 Å². The Bertz CT molecular complexity index is 897. The van der Waals surface area contributed by atoms with E-state index in [1.165, 1.54) is 6.07 Å². The van der Waals surface area contributed by atoms with Crippen LogP contribution in [0.5, 0.6) is 0 Å². The van der Waals surface area contributed by atoms with Crippen molar-refractivity contribution in [2.45, 2.75) is 6.18 Å². The van der Waals surface area contributed by atoms with Crippen LogP contribution in [0.4, 0.5) is 19.0 Å². The second kappa shape index (κ2) is 4.94. The summed E-state index contributed by atoms with van der Waals surface area (Å²) in [6, 6.07) is 4.10. The van der Waals surface area contributed by atoms with Gasteiger partial charge in [-0.1, -0.05) is 6.07 Å². The molecular weight excluding hydrogens is 323 g/mol. The molecule has 3 heterocycles. The minimum Gasteiger partial charge on any atom is -0.306 e. The van der Waals surface area contributed by atoms with Crippen LogP contribution in [0.3, 0.4) is 0 Å². The lowest BCUT2D eigenvalue weighted by atomic mass is 10.4. The number of carbonyl (C=O) groups excluding carboxylic acids is 1. The Balaban J connectivity index is 2.07. The van der Waals surface area contributed by atoms with E-state index in [0.717, 1.165) is 21.9 Å². The largest absolute Gasteiger partial charge is 0.453 e. The Morgan fingerprint density at radius 3 is 2.82 bits per heavy atom. The molecule has 22 heavy (non-hydrogen) atoms. The number of carbonyl (C=O) groups is 1. The van der Waals surface area contributed by atoms with Gasteiger partial charge in [-0.2, -0.15) is 22.7 Å². The molecule has 0 saturated heterocycles. The number of aromatic nitrogens is 4. The molecule has 0 saturated carbocycles. The third-order valence-electron chi connectivity index (χ3n) is 2.58. The number of nitrogens with one attached hydrogen (secondary N) is 2. The number of halogens is 3. The molecule has 0 aliphatic heterocycles. The van der Waals surface area contributed by atoms with Crippen LogP contribution in [0.2, 0.25) is 0 Å². The van der Waals surface area contributed by atoms with Crippen LogP contribution in [0.1, 0.15) is 15.5 Å². The van der Waals surface area contributed by atoms with Gasteiger partial charge in [0.2, 0.25) is 5.78 Å². The highest BCUT2D eigenvalue weighted by Crippen LogP contribution is 2.26. The molecule has 3 rings (SSSR count). The molecule has 0 radical (unpaired) electrons. The van der Waals surface area contributed by atoms with Crippen LogP contribution in [-0.2, 0) is 6.18 Å². The van der Waals surface area contributed by atoms with Crippen molar-refractivity contribution < 1.29 is 18.0 Å². The van der Waals surface area contributed by atoms with Gasteiger partial charge in [-0.3, -0.25) is 14.6 Å². The molecule has 0 spiro atoms. The molecule has 0 fully saturated rings. The van der Waals surface area contributed by atoms with Gasteiger partial charge in [-0.25, -0.2) is 0 Å². The van der Waals surface area contributed by atoms with Crippen LogP contribution < -0.4 is 10.9 Å². The summed E-state index contributed by atoms with van der Waals surface area (Å²) in [4.78, 5) is 29.1. The average molecular weight is 329 g/mol. The molecule has 11 heteroatoms. The number of alkyl halides is 3. The van der Waals surface area contributed by atoms with E-state index >= 15 is 0 Å². The van der Waals surface area contributed by atoms with Crippen molar-refractivity contribution in [3.05, 3.63) is 44.6 Å². The number of thiophene rings is 1. The fourth-order valence-electron chi connectivity index (χ4n) is 1.69. The summed E-state index contributed by atoms with van der Waals surface area (Å²) in [7, 11) is 0. The highest BCUT2D eigenvalue weighted by molar-refractivity contribution is 7.12. The summed E-state index contributed by atoms with van der Waals surface area (Å²) >= 11 is 1.15. The van der Waals surface area contributed by atoms with Gasteiger partial charge in [0, 0.05) is 6.07 Å². The second-order valence-corrected chi connectivity index (χ2v) is 5.07. The van der Waals surface area contributed by atoms with Crippen molar-refractivity contribution in [3.63, 3.8) is 0 Å². The van der Waals surface area contributed by atoms with E-state index in [1.54, 1.807) is 11.4 Å². The summed E-state index contributed by atoms with van der Waals surface area (Å²) in [6.07, 6.45) is -4.77. The first kappa shape index (κ1) is 14.3. The third-order valence-corrected chi connectivity index (χ3v) is 3.45. The summed E-state index contributed by atoms with van der Waals surface area (Å²) in [5, 5.41) is 7.26. The van der Waals surface area contributed by atoms with Gasteiger partial charge in [0.15, 0.2) is 0 Å². The highest BCUT2D eigenvalue weighted by Gasteiger charge is 2.36. The fourth-order valence-corrected chi connectivity index (χ4v) is 2.31. The van der Waals surface area contributed by atoms with Crippen molar-refractivity contribution in [3.8, 4) is 0 Å². The van der Waals surface area contributed by atoms with E-state index in [-0.39, 0.29) is 5.82 Å². The Morgan fingerprint density at radius 1 is 1.41 bits per heavy atom. The second-order valence-electron chi connectivity index (χ2n) is 4.12. The number of H-pyrrole nitrogens is 1. The maximum Gasteiger partial charge on any atom is 0.453 e. The molecule has 2 N–H and O–H groups in total. The first-order valence-electron chi connectivity index (χ1n) is 5.77. The first-order chi connectivity index (χ1) is 10.3. The van der Waals surface area contributed by atoms with Crippen molar-refractivity contribution >= 4 is 28.8 Å². The van der Waals surface area contributed by atoms with Gasteiger partial charge in [0.1, 0.15) is 5.82 Å². The Hall–Kier alpha value is -2.69. The molecule has 3 aromatic heterocycles. The normalized spacial score (nSPS) is 11.8. The Kier molecular flexibility index (Phi) is 3.20. The zero-order chi connectivity index (χ0) is 15.9. The number of fused-ring (bicyclic) bond motifs is 1. The van der Waals surface area contributed by atoms with Gasteiger partial charge in [0.05, 0.1) is 4.88 Å². The van der Waals surface area contributed by atoms with Gasteiger partial charge in [-0.05, 0) is 11.4 Å². The number of amides is 1. The van der Waals surface area contributed by atoms with Gasteiger partial charge < -0.3 is 5.32 Å². The van der Waals surface area contributed by atoms with Crippen LogP contribution >= 0.6 is 11.3 Å². The molecule has 0 unspecified atom stereocenters. The quantitative estimate of drug-likeness (QED) is 0.749. The predicted octanol–water partition coefficient (Wildman–Crippen LogP) is 1.75. The zero-order valence-electron chi connectivity index (χ0n) is 10.5. The minimum atomic E-state index is -4.77. The number of rotatable bonds is 2. The van der Waals surface area contributed by atoms with E-state index in [4.69, 9.17) is 0 Å². The molecule has 0 aliphatic carbocycles. The average Bonchev–Trinajstić information content (AvgIpc) is 3.06. The maximum absolute atomic E-state index is 12.6. The SMILES string of the molecule is O=C(Nc1cc(=O)[nH]c2nc(C(F)(F)F)nn12)c1cccs1. The molecule has 1 amide bonds. The molecule has 0 bridgehead atoms. The lowest BCUT2D eigenvalue weighted by molar-refractivity contribution is -0.144. The number of anilines is 1. The third kappa shape index (κ3) is 2.57. The lowest BCUT2D eigenvalue weighted by Crippen LogP contribution is -2.18. The predicted molar refractivity (Wildman–Crippen MR) is 70.9 cm³/mol. The molecule has 7 nitrogen and oxygen atoms in total. The topological polar surface area (TPSA) is 92.1 Å². The van der Waals surface area contributed by atoms with E-state index in [2.05, 4.69) is 20.4 Å². The summed E-state index contributed by atoms with van der Waals surface area (Å²) in [5.74, 6) is -2.60. The molecule has 0 aliphatic rings. The molecule has 0 atom stereocenters. The zero-order valence-corrected chi connectivity index (χ0v) is 11.3. The maximum atomic E-state index is 12.6. The molecule has 0 aromatic carbocycles. The number of nitrogens with zero attached hydrogens (tertiary/aromatic N) is 3. The van der Waals surface area contributed by atoms with Crippen LogP contribution in [0, 0.1) is 0 Å². The van der Waals surface area contributed by atoms with E-state index in [9.17, 15) is 22.8 Å². The monoisotopic (exact) mass is 329 g/mol. The summed E-state index contributed by atoms with van der Waals surface area (Å²) in [5.41, 5.74) is -0.713. The Morgan fingerprint density at radius 2 is 2.18 bits per heavy atom. The summed E-state index contributed by atoms with van der Waals surface area (Å²) < 4.78 is 38.6. The highest BCUT2D eigenvalue weighted by atomic mass is 32.1. The van der Waals surface area contributed by atoms with Gasteiger partial charge >= 0.3 is 6.18 Å². The van der Waals surface area contributed by atoms with E-state index in [0.29, 0.717) is 4.88 Å². The molecular formula is C11H6F3N5O2S. The van der Waals surface area contributed by atoms with Crippen LogP contribution in [0.25, 0.3) is 5.78 Å². The van der Waals surface area contributed by atoms with Crippen molar-refractivity contribution in [2.24, 2.45) is 0 Å². The van der Waals surface area contributed by atoms with Gasteiger partial charge in [0.25, 0.3) is 17.3 Å². The molecule has 3 aromatic rings. The van der Waals surface area contributed by atoms with Crippen LogP contribution in [0.15, 0.2) is 28.4 Å². The number of hydrogen-bond donors (Lipinski definition) is 2. The standard InChI is InChI=1S/C11H6F3N5O2S/c12-11(13,14)9-17-10-16-7(20)4-6(19(10)18-9)15-8(21)5-2-1-3-22-5/h1-4H,(H,15,21)(H,16,17,18,20). The smallest absolute Gasteiger partial charge is 0.306 e. The Labute approximate surface area is 123 Å². The minimum absolute atomic E-state index is 0.208. The van der Waals surface area contributed by atoms with E-state index < -0.39 is 29.2 Å². The number of aromatic amines is 1. The van der Waals surface area contributed by atoms with E-state index in [1.807, 2.05) is 0 Å². The number of hydrogen-bond acceptors (Lipinski definition) is 5.